The maximum atomic E-state index is 12.5. The Morgan fingerprint density at radius 2 is 1.90 bits per heavy atom. The zero-order chi connectivity index (χ0) is 15.3. The first-order chi connectivity index (χ1) is 9.95. The molecule has 3 rings (SSSR count). The molecule has 0 unspecified atom stereocenters. The second-order valence-electron chi connectivity index (χ2n) is 4.72. The summed E-state index contributed by atoms with van der Waals surface area (Å²) in [5.74, 6) is -1.50. The van der Waals surface area contributed by atoms with Crippen LogP contribution in [0.15, 0.2) is 18.2 Å². The van der Waals surface area contributed by atoms with Crippen molar-refractivity contribution in [2.45, 2.75) is 13.5 Å². The van der Waals surface area contributed by atoms with Gasteiger partial charge in [-0.3, -0.25) is 14.4 Å². The fourth-order valence-corrected chi connectivity index (χ4v) is 3.34. The van der Waals surface area contributed by atoms with E-state index in [-0.39, 0.29) is 38.7 Å². The highest BCUT2D eigenvalue weighted by Crippen LogP contribution is 2.38. The first-order valence-corrected chi connectivity index (χ1v) is 6.97. The third kappa shape index (κ3) is 1.84. The largest absolute Gasteiger partial charge is 0.507 e. The zero-order valence-corrected chi connectivity index (χ0v) is 11.8. The number of benzene rings is 1. The van der Waals surface area contributed by atoms with Gasteiger partial charge in [0.15, 0.2) is 11.6 Å². The van der Waals surface area contributed by atoms with E-state index >= 15 is 0 Å². The summed E-state index contributed by atoms with van der Waals surface area (Å²) < 4.78 is 0. The molecule has 2 N–H and O–H groups in total. The van der Waals surface area contributed by atoms with Crippen LogP contribution >= 0.6 is 11.3 Å². The van der Waals surface area contributed by atoms with Gasteiger partial charge in [-0.2, -0.15) is 0 Å². The minimum atomic E-state index is -0.495. The number of rotatable bonds is 2. The van der Waals surface area contributed by atoms with Gasteiger partial charge in [-0.05, 0) is 19.1 Å². The van der Waals surface area contributed by atoms with E-state index in [0.29, 0.717) is 4.88 Å². The smallest absolute Gasteiger partial charge is 0.208 e. The highest BCUT2D eigenvalue weighted by Gasteiger charge is 2.35. The topological polar surface area (TPSA) is 91.7 Å². The van der Waals surface area contributed by atoms with Crippen molar-refractivity contribution in [3.63, 3.8) is 0 Å². The number of carbonyl (C=O) groups excluding carboxylic acids is 3. The summed E-state index contributed by atoms with van der Waals surface area (Å²) in [5.41, 5.74) is 0.367. The highest BCUT2D eigenvalue weighted by atomic mass is 32.1. The van der Waals surface area contributed by atoms with E-state index in [2.05, 4.69) is 0 Å². The third-order valence-corrected chi connectivity index (χ3v) is 4.67. The van der Waals surface area contributed by atoms with Crippen molar-refractivity contribution in [1.29, 1.82) is 0 Å². The summed E-state index contributed by atoms with van der Waals surface area (Å²) in [6.07, 6.45) is 0. The van der Waals surface area contributed by atoms with Gasteiger partial charge in [0.1, 0.15) is 5.75 Å². The van der Waals surface area contributed by atoms with Crippen molar-refractivity contribution >= 4 is 28.7 Å². The van der Waals surface area contributed by atoms with Crippen molar-refractivity contribution < 1.29 is 24.6 Å². The molecule has 6 heteroatoms. The summed E-state index contributed by atoms with van der Waals surface area (Å²) >= 11 is 0.948. The van der Waals surface area contributed by atoms with Crippen molar-refractivity contribution in [2.75, 3.05) is 0 Å². The van der Waals surface area contributed by atoms with Gasteiger partial charge in [0.2, 0.25) is 5.78 Å². The minimum Gasteiger partial charge on any atom is -0.507 e. The maximum absolute atomic E-state index is 12.5. The molecule has 1 aromatic carbocycles. The Kier molecular flexibility index (Phi) is 3.00. The molecule has 0 aliphatic heterocycles. The van der Waals surface area contributed by atoms with Gasteiger partial charge in [-0.25, -0.2) is 0 Å². The van der Waals surface area contributed by atoms with Crippen molar-refractivity contribution in [3.8, 4) is 5.75 Å². The second-order valence-corrected chi connectivity index (χ2v) is 5.77. The van der Waals surface area contributed by atoms with Crippen LogP contribution in [0.1, 0.15) is 53.3 Å². The Morgan fingerprint density at radius 3 is 2.52 bits per heavy atom. The predicted molar refractivity (Wildman–Crippen MR) is 75.2 cm³/mol. The number of hydrogen-bond donors (Lipinski definition) is 2. The Balaban J connectivity index is 2.28. The van der Waals surface area contributed by atoms with Crippen LogP contribution in [-0.2, 0) is 6.61 Å². The molecule has 0 saturated heterocycles. The monoisotopic (exact) mass is 302 g/mol. The lowest BCUT2D eigenvalue weighted by molar-refractivity contribution is 0.0979. The van der Waals surface area contributed by atoms with Gasteiger partial charge in [0.05, 0.1) is 21.9 Å². The Morgan fingerprint density at radius 1 is 1.19 bits per heavy atom. The van der Waals surface area contributed by atoms with E-state index in [0.717, 1.165) is 11.3 Å². The molecule has 21 heavy (non-hydrogen) atoms. The van der Waals surface area contributed by atoms with Gasteiger partial charge >= 0.3 is 0 Å². The number of thiophene rings is 1. The summed E-state index contributed by atoms with van der Waals surface area (Å²) in [6.45, 7) is 0.928. The number of phenols is 1. The Hall–Kier alpha value is -2.31. The van der Waals surface area contributed by atoms with E-state index in [4.69, 9.17) is 5.11 Å². The number of aliphatic hydroxyl groups is 1. The SMILES string of the molecule is CC(=O)c1cc2c(s1)C(=O)c1c(ccc(CO)c1O)C2=O. The van der Waals surface area contributed by atoms with Crippen LogP contribution in [0.25, 0.3) is 0 Å². The molecule has 1 heterocycles. The Labute approximate surface area is 123 Å². The number of hydrogen-bond acceptors (Lipinski definition) is 6. The van der Waals surface area contributed by atoms with Crippen LogP contribution in [0.5, 0.6) is 5.75 Å². The lowest BCUT2D eigenvalue weighted by Gasteiger charge is -2.16. The molecule has 1 aliphatic rings. The molecule has 2 aromatic rings. The first kappa shape index (κ1) is 13.7. The molecular formula is C15H10O5S. The van der Waals surface area contributed by atoms with Crippen LogP contribution < -0.4 is 0 Å². The average Bonchev–Trinajstić information content (AvgIpc) is 2.90. The van der Waals surface area contributed by atoms with Crippen molar-refractivity contribution in [3.05, 3.63) is 50.2 Å². The summed E-state index contributed by atoms with van der Waals surface area (Å²) in [6, 6.07) is 4.24. The number of ketones is 3. The van der Waals surface area contributed by atoms with Gasteiger partial charge in [0, 0.05) is 16.7 Å². The number of Topliss-reactive ketones (excluding diaryl/α,β-unsaturated/α-hetero) is 1. The number of carbonyl (C=O) groups is 3. The molecule has 1 aliphatic carbocycles. The maximum Gasteiger partial charge on any atom is 0.208 e. The quantitative estimate of drug-likeness (QED) is 0.706. The van der Waals surface area contributed by atoms with Gasteiger partial charge < -0.3 is 10.2 Å². The number of aromatic hydroxyl groups is 1. The standard InChI is InChI=1S/C15H10O5S/c1-6(17)10-4-9-13(19)8-3-2-7(5-16)12(18)11(8)14(20)15(9)21-10/h2-4,16,18H,5H2,1H3. The van der Waals surface area contributed by atoms with E-state index in [1.807, 2.05) is 0 Å². The van der Waals surface area contributed by atoms with Gasteiger partial charge in [0.25, 0.3) is 0 Å². The number of fused-ring (bicyclic) bond motifs is 2. The van der Waals surface area contributed by atoms with E-state index in [1.54, 1.807) is 0 Å². The lowest BCUT2D eigenvalue weighted by atomic mass is 9.87. The van der Waals surface area contributed by atoms with Crippen molar-refractivity contribution in [2.24, 2.45) is 0 Å². The number of aliphatic hydroxyl groups excluding tert-OH is 1. The molecule has 106 valence electrons. The fraction of sp³-hybridized carbons (Fsp3) is 0.133. The fourth-order valence-electron chi connectivity index (χ4n) is 2.34. The molecule has 0 bridgehead atoms. The van der Waals surface area contributed by atoms with Gasteiger partial charge in [-0.1, -0.05) is 6.07 Å². The van der Waals surface area contributed by atoms with E-state index < -0.39 is 18.2 Å². The molecule has 0 fully saturated rings. The summed E-state index contributed by atoms with van der Waals surface area (Å²) in [5, 5.41) is 19.2. The summed E-state index contributed by atoms with van der Waals surface area (Å²) in [4.78, 5) is 36.8. The zero-order valence-electron chi connectivity index (χ0n) is 11.0. The van der Waals surface area contributed by atoms with Crippen LogP contribution in [0.4, 0.5) is 0 Å². The van der Waals surface area contributed by atoms with Crippen LogP contribution in [-0.4, -0.2) is 27.6 Å². The van der Waals surface area contributed by atoms with Crippen LogP contribution in [0, 0.1) is 0 Å². The van der Waals surface area contributed by atoms with Crippen molar-refractivity contribution in [1.82, 2.24) is 0 Å². The van der Waals surface area contributed by atoms with Crippen LogP contribution in [0.2, 0.25) is 0 Å². The molecule has 0 radical (unpaired) electrons. The summed E-state index contributed by atoms with van der Waals surface area (Å²) in [7, 11) is 0. The minimum absolute atomic E-state index is 0.0927. The molecule has 0 saturated carbocycles. The van der Waals surface area contributed by atoms with E-state index in [1.165, 1.54) is 25.1 Å². The predicted octanol–water partition coefficient (Wildman–Crippen LogP) is 1.92. The van der Waals surface area contributed by atoms with Crippen LogP contribution in [0.3, 0.4) is 0 Å². The molecule has 1 aromatic heterocycles. The highest BCUT2D eigenvalue weighted by molar-refractivity contribution is 7.16. The first-order valence-electron chi connectivity index (χ1n) is 6.15. The third-order valence-electron chi connectivity index (χ3n) is 3.43. The molecular weight excluding hydrogens is 292 g/mol. The average molecular weight is 302 g/mol. The van der Waals surface area contributed by atoms with E-state index in [9.17, 15) is 19.5 Å². The molecule has 0 spiro atoms. The molecule has 5 nitrogen and oxygen atoms in total. The molecule has 0 atom stereocenters. The Bertz CT molecular complexity index is 816. The molecule has 0 amide bonds. The van der Waals surface area contributed by atoms with Gasteiger partial charge in [-0.15, -0.1) is 11.3 Å². The normalized spacial score (nSPS) is 13.0. The second kappa shape index (κ2) is 4.61. The lowest BCUT2D eigenvalue weighted by Crippen LogP contribution is -2.19.